The summed E-state index contributed by atoms with van der Waals surface area (Å²) in [6.45, 7) is 2.35. The molecule has 1 saturated heterocycles. The van der Waals surface area contributed by atoms with Gasteiger partial charge in [-0.1, -0.05) is 71.2 Å². The summed E-state index contributed by atoms with van der Waals surface area (Å²) in [5, 5.41) is 0.305. The third kappa shape index (κ3) is 4.79. The minimum Gasteiger partial charge on any atom is -0.486 e. The van der Waals surface area contributed by atoms with Gasteiger partial charge in [-0.3, -0.25) is 9.59 Å². The number of amides is 2. The fourth-order valence-corrected chi connectivity index (χ4v) is 4.51. The molecule has 0 saturated carbocycles. The van der Waals surface area contributed by atoms with Crippen LogP contribution in [0.2, 0.25) is 10.0 Å². The van der Waals surface area contributed by atoms with Crippen molar-refractivity contribution < 1.29 is 14.3 Å². The summed E-state index contributed by atoms with van der Waals surface area (Å²) in [6, 6.07) is 20.1. The van der Waals surface area contributed by atoms with E-state index in [0.717, 1.165) is 22.2 Å². The maximum Gasteiger partial charge on any atom is 0.298 e. The highest BCUT2D eigenvalue weighted by atomic mass is 35.5. The van der Waals surface area contributed by atoms with Gasteiger partial charge >= 0.3 is 0 Å². The number of carbonyl (C=O) groups excluding carboxylic acids is 2. The zero-order chi connectivity index (χ0) is 22.0. The summed E-state index contributed by atoms with van der Waals surface area (Å²) in [6.07, 6.45) is 1.61. The van der Waals surface area contributed by atoms with Crippen LogP contribution in [-0.2, 0) is 11.4 Å². The second-order valence-corrected chi connectivity index (χ2v) is 8.75. The number of hydrogen-bond donors (Lipinski definition) is 0. The van der Waals surface area contributed by atoms with Crippen molar-refractivity contribution in [2.75, 3.05) is 4.90 Å². The molecule has 0 radical (unpaired) electrons. The molecule has 1 heterocycles. The zero-order valence-electron chi connectivity index (χ0n) is 16.5. The predicted molar refractivity (Wildman–Crippen MR) is 127 cm³/mol. The second kappa shape index (κ2) is 9.18. The van der Waals surface area contributed by atoms with E-state index in [1.165, 1.54) is 5.56 Å². The van der Waals surface area contributed by atoms with Crippen LogP contribution in [0.25, 0.3) is 6.08 Å². The Morgan fingerprint density at radius 2 is 1.61 bits per heavy atom. The van der Waals surface area contributed by atoms with Crippen molar-refractivity contribution in [3.05, 3.63) is 98.4 Å². The van der Waals surface area contributed by atoms with Gasteiger partial charge in [0.15, 0.2) is 5.75 Å². The molecule has 3 aromatic carbocycles. The van der Waals surface area contributed by atoms with Crippen LogP contribution in [0, 0.1) is 6.92 Å². The number of anilines is 1. The molecule has 156 valence electrons. The molecule has 2 amide bonds. The van der Waals surface area contributed by atoms with Gasteiger partial charge in [-0.05, 0) is 60.2 Å². The largest absolute Gasteiger partial charge is 0.486 e. The maximum atomic E-state index is 12.8. The van der Waals surface area contributed by atoms with Gasteiger partial charge in [0.2, 0.25) is 0 Å². The molecule has 0 unspecified atom stereocenters. The Balaban J connectivity index is 1.54. The van der Waals surface area contributed by atoms with Crippen molar-refractivity contribution in [2.24, 2.45) is 0 Å². The number of aryl methyl sites for hydroxylation is 1. The topological polar surface area (TPSA) is 46.6 Å². The van der Waals surface area contributed by atoms with Gasteiger partial charge in [-0.25, -0.2) is 4.90 Å². The van der Waals surface area contributed by atoms with Crippen LogP contribution in [0.5, 0.6) is 5.75 Å². The number of thioether (sulfide) groups is 1. The molecule has 0 aliphatic carbocycles. The van der Waals surface area contributed by atoms with Crippen LogP contribution in [-0.4, -0.2) is 11.1 Å². The highest BCUT2D eigenvalue weighted by Gasteiger charge is 2.36. The lowest BCUT2D eigenvalue weighted by atomic mass is 10.1. The van der Waals surface area contributed by atoms with Crippen molar-refractivity contribution in [2.45, 2.75) is 13.5 Å². The SMILES string of the molecule is Cc1ccc(COc2c(Cl)cc(/C=C3\SC(=O)N(c4ccccc4)C3=O)cc2Cl)cc1. The average molecular weight is 470 g/mol. The Bertz CT molecular complexity index is 1150. The molecule has 4 rings (SSSR count). The average Bonchev–Trinajstić information content (AvgIpc) is 3.02. The van der Waals surface area contributed by atoms with Gasteiger partial charge in [0.05, 0.1) is 20.6 Å². The summed E-state index contributed by atoms with van der Waals surface area (Å²) in [5.41, 5.74) is 3.30. The van der Waals surface area contributed by atoms with E-state index >= 15 is 0 Å². The van der Waals surface area contributed by atoms with Crippen molar-refractivity contribution >= 4 is 57.9 Å². The second-order valence-electron chi connectivity index (χ2n) is 6.94. The molecule has 1 aliphatic heterocycles. The minimum atomic E-state index is -0.381. The lowest BCUT2D eigenvalue weighted by Crippen LogP contribution is -2.27. The Hall–Kier alpha value is -2.73. The standard InChI is InChI=1S/C24H17Cl2NO3S/c1-15-7-9-16(10-8-15)14-30-22-19(25)11-17(12-20(22)26)13-21-23(28)27(24(29)31-21)18-5-3-2-4-6-18/h2-13H,14H2,1H3/b21-13-. The highest BCUT2D eigenvalue weighted by molar-refractivity contribution is 8.19. The number of nitrogens with zero attached hydrogens (tertiary/aromatic N) is 1. The van der Waals surface area contributed by atoms with E-state index in [1.54, 1.807) is 42.5 Å². The monoisotopic (exact) mass is 469 g/mol. The number of ether oxygens (including phenoxy) is 1. The Kier molecular flexibility index (Phi) is 6.37. The molecule has 4 nitrogen and oxygen atoms in total. The summed E-state index contributed by atoms with van der Waals surface area (Å²) in [7, 11) is 0. The number of benzene rings is 3. The number of rotatable bonds is 5. The predicted octanol–water partition coefficient (Wildman–Crippen LogP) is 7.12. The number of halogens is 2. The summed E-state index contributed by atoms with van der Waals surface area (Å²) >= 11 is 13.7. The van der Waals surface area contributed by atoms with Crippen molar-refractivity contribution in [1.29, 1.82) is 0 Å². The first-order chi connectivity index (χ1) is 14.9. The Labute approximate surface area is 194 Å². The van der Waals surface area contributed by atoms with E-state index in [1.807, 2.05) is 37.3 Å². The maximum absolute atomic E-state index is 12.8. The molecule has 0 atom stereocenters. The third-order valence-electron chi connectivity index (χ3n) is 4.63. The molecule has 0 aromatic heterocycles. The van der Waals surface area contributed by atoms with E-state index in [-0.39, 0.29) is 11.1 Å². The van der Waals surface area contributed by atoms with E-state index in [4.69, 9.17) is 27.9 Å². The Morgan fingerprint density at radius 1 is 0.968 bits per heavy atom. The molecular formula is C24H17Cl2NO3S. The molecule has 1 fully saturated rings. The highest BCUT2D eigenvalue weighted by Crippen LogP contribution is 2.39. The molecule has 3 aromatic rings. The molecule has 0 bridgehead atoms. The van der Waals surface area contributed by atoms with Crippen LogP contribution < -0.4 is 9.64 Å². The van der Waals surface area contributed by atoms with Crippen LogP contribution in [0.3, 0.4) is 0 Å². The van der Waals surface area contributed by atoms with Crippen LogP contribution in [0.1, 0.15) is 16.7 Å². The molecular weight excluding hydrogens is 453 g/mol. The number of hydrogen-bond acceptors (Lipinski definition) is 4. The minimum absolute atomic E-state index is 0.300. The van der Waals surface area contributed by atoms with Gasteiger partial charge < -0.3 is 4.74 Å². The van der Waals surface area contributed by atoms with E-state index in [0.29, 0.717) is 38.6 Å². The van der Waals surface area contributed by atoms with Crippen molar-refractivity contribution in [3.8, 4) is 5.75 Å². The molecule has 7 heteroatoms. The lowest BCUT2D eigenvalue weighted by molar-refractivity contribution is -0.113. The van der Waals surface area contributed by atoms with Gasteiger partial charge in [-0.2, -0.15) is 0 Å². The van der Waals surface area contributed by atoms with Crippen molar-refractivity contribution in [3.63, 3.8) is 0 Å². The van der Waals surface area contributed by atoms with Gasteiger partial charge in [0.25, 0.3) is 11.1 Å². The number of imide groups is 1. The normalized spacial score (nSPS) is 15.1. The van der Waals surface area contributed by atoms with Crippen LogP contribution in [0.4, 0.5) is 10.5 Å². The summed E-state index contributed by atoms with van der Waals surface area (Å²) in [4.78, 5) is 26.6. The summed E-state index contributed by atoms with van der Waals surface area (Å²) < 4.78 is 5.81. The fourth-order valence-electron chi connectivity index (χ4n) is 3.06. The van der Waals surface area contributed by atoms with E-state index in [9.17, 15) is 9.59 Å². The first kappa shape index (κ1) is 21.5. The lowest BCUT2D eigenvalue weighted by Gasteiger charge is -2.12. The Morgan fingerprint density at radius 3 is 2.26 bits per heavy atom. The molecule has 1 aliphatic rings. The number of para-hydroxylation sites is 1. The van der Waals surface area contributed by atoms with Gasteiger partial charge in [0, 0.05) is 0 Å². The van der Waals surface area contributed by atoms with Gasteiger partial charge in [-0.15, -0.1) is 0 Å². The van der Waals surface area contributed by atoms with E-state index in [2.05, 4.69) is 0 Å². The molecule has 0 spiro atoms. The zero-order valence-corrected chi connectivity index (χ0v) is 18.8. The fraction of sp³-hybridized carbons (Fsp3) is 0.0833. The van der Waals surface area contributed by atoms with Gasteiger partial charge in [0.1, 0.15) is 6.61 Å². The molecule has 31 heavy (non-hydrogen) atoms. The molecule has 0 N–H and O–H groups in total. The first-order valence-corrected chi connectivity index (χ1v) is 11.0. The third-order valence-corrected chi connectivity index (χ3v) is 6.06. The quantitative estimate of drug-likeness (QED) is 0.373. The van der Waals surface area contributed by atoms with Crippen molar-refractivity contribution in [1.82, 2.24) is 0 Å². The van der Waals surface area contributed by atoms with Crippen LogP contribution >= 0.6 is 35.0 Å². The van der Waals surface area contributed by atoms with Crippen LogP contribution in [0.15, 0.2) is 71.6 Å². The van der Waals surface area contributed by atoms with E-state index < -0.39 is 0 Å². The first-order valence-electron chi connectivity index (χ1n) is 9.43. The smallest absolute Gasteiger partial charge is 0.298 e. The number of carbonyl (C=O) groups is 2. The summed E-state index contributed by atoms with van der Waals surface area (Å²) in [5.74, 6) is -0.00779.